The van der Waals surface area contributed by atoms with E-state index in [1.807, 2.05) is 73.0 Å². The van der Waals surface area contributed by atoms with Crippen LogP contribution in [0, 0.1) is 0 Å². The van der Waals surface area contributed by atoms with Crippen LogP contribution in [0.25, 0.3) is 39.5 Å². The summed E-state index contributed by atoms with van der Waals surface area (Å²) in [4.78, 5) is 18.0. The van der Waals surface area contributed by atoms with Gasteiger partial charge in [-0.25, -0.2) is 19.3 Å². The standard InChI is InChI=1S/C24H18ClFN6.C2H6/c25-12-15-3-7-18(8-4-15)32-23(19-2-1-11-28-22(19)27)31-21-10-9-20(30-24(21)32)16-5-6-17(13-26)29-14-16;1-2/h1-11,14H,12-13H2,(H2,27,28);1-2H3. The summed E-state index contributed by atoms with van der Waals surface area (Å²) in [5.41, 5.74) is 12.0. The number of alkyl halides is 2. The van der Waals surface area contributed by atoms with Gasteiger partial charge in [0.15, 0.2) is 11.5 Å². The molecule has 8 heteroatoms. The van der Waals surface area contributed by atoms with Crippen molar-refractivity contribution in [2.24, 2.45) is 0 Å². The lowest BCUT2D eigenvalue weighted by atomic mass is 10.2. The Hall–Kier alpha value is -3.84. The van der Waals surface area contributed by atoms with Gasteiger partial charge in [0.2, 0.25) is 0 Å². The van der Waals surface area contributed by atoms with Gasteiger partial charge < -0.3 is 5.73 Å². The third-order valence-electron chi connectivity index (χ3n) is 5.19. The first-order chi connectivity index (χ1) is 16.7. The van der Waals surface area contributed by atoms with Gasteiger partial charge in [0.1, 0.15) is 18.0 Å². The Kier molecular flexibility index (Phi) is 7.13. The van der Waals surface area contributed by atoms with Gasteiger partial charge in [-0.2, -0.15) is 0 Å². The lowest BCUT2D eigenvalue weighted by Gasteiger charge is -2.11. The highest BCUT2D eigenvalue weighted by Gasteiger charge is 2.18. The molecule has 5 aromatic rings. The molecule has 0 saturated heterocycles. The molecule has 0 unspecified atom stereocenters. The minimum Gasteiger partial charge on any atom is -0.383 e. The maximum absolute atomic E-state index is 12.8. The summed E-state index contributed by atoms with van der Waals surface area (Å²) in [5.74, 6) is 1.45. The fourth-order valence-corrected chi connectivity index (χ4v) is 3.72. The SMILES string of the molecule is CC.Nc1ncccc1-c1nc2ccc(-c3ccc(CF)nc3)nc2n1-c1ccc(CCl)cc1. The number of pyridine rings is 3. The highest BCUT2D eigenvalue weighted by Crippen LogP contribution is 2.31. The summed E-state index contributed by atoms with van der Waals surface area (Å²) in [6.07, 6.45) is 3.27. The fraction of sp³-hybridized carbons (Fsp3) is 0.154. The molecule has 172 valence electrons. The van der Waals surface area contributed by atoms with Crippen LogP contribution in [0.4, 0.5) is 10.2 Å². The van der Waals surface area contributed by atoms with Crippen LogP contribution in [0.2, 0.25) is 0 Å². The predicted octanol–water partition coefficient (Wildman–Crippen LogP) is 6.36. The van der Waals surface area contributed by atoms with Crippen molar-refractivity contribution in [2.75, 3.05) is 5.73 Å². The second-order valence-electron chi connectivity index (χ2n) is 7.22. The molecule has 1 aromatic carbocycles. The van der Waals surface area contributed by atoms with Crippen LogP contribution < -0.4 is 5.73 Å². The van der Waals surface area contributed by atoms with Gasteiger partial charge in [-0.1, -0.05) is 26.0 Å². The number of hydrogen-bond donors (Lipinski definition) is 1. The van der Waals surface area contributed by atoms with Crippen molar-refractivity contribution in [3.8, 4) is 28.3 Å². The zero-order valence-corrected chi connectivity index (χ0v) is 19.7. The van der Waals surface area contributed by atoms with Crippen LogP contribution in [0.3, 0.4) is 0 Å². The van der Waals surface area contributed by atoms with E-state index in [0.29, 0.717) is 45.6 Å². The monoisotopic (exact) mass is 474 g/mol. The van der Waals surface area contributed by atoms with E-state index in [2.05, 4.69) is 9.97 Å². The van der Waals surface area contributed by atoms with Crippen LogP contribution in [0.5, 0.6) is 0 Å². The first-order valence-electron chi connectivity index (χ1n) is 10.9. The smallest absolute Gasteiger partial charge is 0.165 e. The van der Waals surface area contributed by atoms with E-state index in [1.165, 1.54) is 0 Å². The van der Waals surface area contributed by atoms with E-state index in [1.54, 1.807) is 18.5 Å². The molecule has 4 aromatic heterocycles. The van der Waals surface area contributed by atoms with Crippen LogP contribution in [0.1, 0.15) is 25.1 Å². The maximum atomic E-state index is 12.8. The van der Waals surface area contributed by atoms with E-state index < -0.39 is 6.67 Å². The Morgan fingerprint density at radius 3 is 2.38 bits per heavy atom. The van der Waals surface area contributed by atoms with Gasteiger partial charge >= 0.3 is 0 Å². The third kappa shape index (κ3) is 4.47. The fourth-order valence-electron chi connectivity index (χ4n) is 3.54. The minimum absolute atomic E-state index is 0.382. The molecule has 0 saturated carbocycles. The van der Waals surface area contributed by atoms with Crippen molar-refractivity contribution in [1.29, 1.82) is 0 Å². The zero-order chi connectivity index (χ0) is 24.1. The molecule has 0 aliphatic rings. The molecule has 0 bridgehead atoms. The molecular weight excluding hydrogens is 451 g/mol. The first kappa shape index (κ1) is 23.3. The molecule has 5 rings (SSSR count). The second-order valence-corrected chi connectivity index (χ2v) is 7.49. The van der Waals surface area contributed by atoms with Crippen LogP contribution in [-0.2, 0) is 12.6 Å². The molecule has 0 atom stereocenters. The topological polar surface area (TPSA) is 82.5 Å². The molecule has 0 spiro atoms. The van der Waals surface area contributed by atoms with Crippen molar-refractivity contribution < 1.29 is 4.39 Å². The molecular formula is C26H24ClFN6. The average molecular weight is 475 g/mol. The Balaban J connectivity index is 0.00000133. The summed E-state index contributed by atoms with van der Waals surface area (Å²) in [5, 5.41) is 0. The number of aromatic nitrogens is 5. The normalized spacial score (nSPS) is 10.7. The number of rotatable bonds is 5. The Morgan fingerprint density at radius 2 is 1.74 bits per heavy atom. The van der Waals surface area contributed by atoms with Gasteiger partial charge in [0.25, 0.3) is 0 Å². The van der Waals surface area contributed by atoms with Crippen LogP contribution in [-0.4, -0.2) is 24.5 Å². The quantitative estimate of drug-likeness (QED) is 0.299. The van der Waals surface area contributed by atoms with Crippen molar-refractivity contribution in [3.05, 3.63) is 84.3 Å². The van der Waals surface area contributed by atoms with Crippen molar-refractivity contribution >= 4 is 28.6 Å². The molecule has 0 aliphatic heterocycles. The summed E-state index contributed by atoms with van der Waals surface area (Å²) in [6.45, 7) is 3.40. The highest BCUT2D eigenvalue weighted by molar-refractivity contribution is 6.17. The Morgan fingerprint density at radius 1 is 0.941 bits per heavy atom. The number of imidazole rings is 1. The second kappa shape index (κ2) is 10.4. The molecule has 4 heterocycles. The lowest BCUT2D eigenvalue weighted by molar-refractivity contribution is 0.476. The van der Waals surface area contributed by atoms with Crippen molar-refractivity contribution in [3.63, 3.8) is 0 Å². The van der Waals surface area contributed by atoms with Crippen LogP contribution >= 0.6 is 11.6 Å². The Labute approximate surface area is 202 Å². The highest BCUT2D eigenvalue weighted by atomic mass is 35.5. The number of hydrogen-bond acceptors (Lipinski definition) is 5. The molecule has 0 radical (unpaired) electrons. The molecule has 0 aliphatic carbocycles. The molecule has 0 fully saturated rings. The third-order valence-corrected chi connectivity index (χ3v) is 5.50. The van der Waals surface area contributed by atoms with Gasteiger partial charge in [0.05, 0.1) is 17.0 Å². The molecule has 34 heavy (non-hydrogen) atoms. The number of nitrogens with zero attached hydrogens (tertiary/aromatic N) is 5. The lowest BCUT2D eigenvalue weighted by Crippen LogP contribution is -2.02. The number of nitrogen functional groups attached to an aromatic ring is 1. The van der Waals surface area contributed by atoms with Crippen molar-refractivity contribution in [2.45, 2.75) is 26.4 Å². The first-order valence-corrected chi connectivity index (χ1v) is 11.5. The summed E-state index contributed by atoms with van der Waals surface area (Å²) < 4.78 is 14.8. The number of anilines is 1. The van der Waals surface area contributed by atoms with E-state index in [-0.39, 0.29) is 0 Å². The predicted molar refractivity (Wildman–Crippen MR) is 135 cm³/mol. The van der Waals surface area contributed by atoms with Gasteiger partial charge in [-0.15, -0.1) is 11.6 Å². The molecule has 0 amide bonds. The average Bonchev–Trinajstić information content (AvgIpc) is 3.28. The van der Waals surface area contributed by atoms with Gasteiger partial charge in [-0.3, -0.25) is 9.55 Å². The number of benzene rings is 1. The van der Waals surface area contributed by atoms with Gasteiger partial charge in [0, 0.05) is 29.5 Å². The van der Waals surface area contributed by atoms with E-state index >= 15 is 0 Å². The summed E-state index contributed by atoms with van der Waals surface area (Å²) in [6, 6.07) is 18.8. The van der Waals surface area contributed by atoms with E-state index in [9.17, 15) is 4.39 Å². The number of halogens is 2. The van der Waals surface area contributed by atoms with Gasteiger partial charge in [-0.05, 0) is 54.1 Å². The Bertz CT molecular complexity index is 1400. The van der Waals surface area contributed by atoms with E-state index in [4.69, 9.17) is 27.3 Å². The zero-order valence-electron chi connectivity index (χ0n) is 18.9. The maximum Gasteiger partial charge on any atom is 0.165 e. The van der Waals surface area contributed by atoms with E-state index in [0.717, 1.165) is 16.8 Å². The molecule has 2 N–H and O–H groups in total. The minimum atomic E-state index is -0.603. The summed E-state index contributed by atoms with van der Waals surface area (Å²) in [7, 11) is 0. The number of fused-ring (bicyclic) bond motifs is 1. The van der Waals surface area contributed by atoms with Crippen molar-refractivity contribution in [1.82, 2.24) is 24.5 Å². The largest absolute Gasteiger partial charge is 0.383 e. The molecule has 6 nitrogen and oxygen atoms in total. The summed E-state index contributed by atoms with van der Waals surface area (Å²) >= 11 is 5.97. The van der Waals surface area contributed by atoms with Crippen LogP contribution in [0.15, 0.2) is 73.1 Å². The number of nitrogens with two attached hydrogens (primary N) is 1.